The van der Waals surface area contributed by atoms with Crippen LogP contribution in [0.2, 0.25) is 0 Å². The van der Waals surface area contributed by atoms with Gasteiger partial charge in [0.15, 0.2) is 6.79 Å². The van der Waals surface area contributed by atoms with Crippen LogP contribution in [0, 0.1) is 0 Å². The lowest BCUT2D eigenvalue weighted by Gasteiger charge is -2.42. The normalized spacial score (nSPS) is 15.2. The molecule has 5 heteroatoms. The molecule has 1 aliphatic rings. The summed E-state index contributed by atoms with van der Waals surface area (Å²) in [6.45, 7) is 9.40. The Morgan fingerprint density at radius 3 is 2.08 bits per heavy atom. The zero-order valence-electron chi connectivity index (χ0n) is 23.8. The van der Waals surface area contributed by atoms with Crippen molar-refractivity contribution in [1.29, 1.82) is 0 Å². The highest BCUT2D eigenvalue weighted by Crippen LogP contribution is 2.48. The second kappa shape index (κ2) is 10.8. The Morgan fingerprint density at radius 1 is 0.725 bits per heavy atom. The standard InChI is InChI=1S/C35H36O5/c1-34(2)17-18-35(3,4)31-20-25(12-16-30(31)34)29-19-24(11-14-27(29)23-9-7-6-8-10-23)28-15-13-26(40-33(36)37)21-32(28)39-22-38-5/h6-16,19-21H,17-18,22H2,1-5H3,(H,36,37). The fourth-order valence-electron chi connectivity index (χ4n) is 5.72. The highest BCUT2D eigenvalue weighted by Gasteiger charge is 2.37. The Bertz CT molecular complexity index is 1540. The molecule has 0 fully saturated rings. The maximum absolute atomic E-state index is 11.1. The van der Waals surface area contributed by atoms with Crippen molar-refractivity contribution in [3.8, 4) is 44.9 Å². The number of carbonyl (C=O) groups is 1. The molecule has 0 atom stereocenters. The van der Waals surface area contributed by atoms with Crippen molar-refractivity contribution in [2.24, 2.45) is 0 Å². The van der Waals surface area contributed by atoms with E-state index in [1.54, 1.807) is 19.2 Å². The molecule has 4 aromatic rings. The number of ether oxygens (including phenoxy) is 3. The fraction of sp³-hybridized carbons (Fsp3) is 0.286. The van der Waals surface area contributed by atoms with E-state index in [0.29, 0.717) is 5.75 Å². The summed E-state index contributed by atoms with van der Waals surface area (Å²) in [4.78, 5) is 11.1. The molecule has 0 amide bonds. The van der Waals surface area contributed by atoms with Crippen molar-refractivity contribution >= 4 is 6.16 Å². The summed E-state index contributed by atoms with van der Waals surface area (Å²) in [7, 11) is 1.54. The third kappa shape index (κ3) is 5.47. The molecule has 0 radical (unpaired) electrons. The van der Waals surface area contributed by atoms with Gasteiger partial charge in [0, 0.05) is 18.7 Å². The van der Waals surface area contributed by atoms with Gasteiger partial charge in [0.1, 0.15) is 11.5 Å². The van der Waals surface area contributed by atoms with E-state index < -0.39 is 6.16 Å². The SMILES string of the molecule is COCOc1cc(OC(=O)O)ccc1-c1ccc(-c2ccccc2)c(-c2ccc3c(c2)C(C)(C)CCC3(C)C)c1. The van der Waals surface area contributed by atoms with Crippen LogP contribution in [0.3, 0.4) is 0 Å². The first-order chi connectivity index (χ1) is 19.1. The molecule has 0 spiro atoms. The van der Waals surface area contributed by atoms with Gasteiger partial charge >= 0.3 is 6.16 Å². The van der Waals surface area contributed by atoms with Gasteiger partial charge in [0.2, 0.25) is 0 Å². The number of hydrogen-bond acceptors (Lipinski definition) is 4. The molecule has 1 aliphatic carbocycles. The highest BCUT2D eigenvalue weighted by molar-refractivity contribution is 5.88. The molecular formula is C35H36O5. The molecule has 0 bridgehead atoms. The van der Waals surface area contributed by atoms with Crippen LogP contribution in [0.5, 0.6) is 11.5 Å². The molecule has 4 aromatic carbocycles. The summed E-state index contributed by atoms with van der Waals surface area (Å²) in [6.07, 6.45) is 0.939. The van der Waals surface area contributed by atoms with Crippen LogP contribution >= 0.6 is 0 Å². The van der Waals surface area contributed by atoms with Gasteiger partial charge in [-0.1, -0.05) is 88.4 Å². The zero-order valence-corrected chi connectivity index (χ0v) is 23.8. The van der Waals surface area contributed by atoms with E-state index in [-0.39, 0.29) is 23.4 Å². The Hall–Kier alpha value is -4.09. The van der Waals surface area contributed by atoms with E-state index in [9.17, 15) is 4.79 Å². The minimum absolute atomic E-state index is 0.0220. The summed E-state index contributed by atoms with van der Waals surface area (Å²) in [5, 5.41) is 9.09. The second-order valence-corrected chi connectivity index (χ2v) is 11.7. The minimum atomic E-state index is -1.38. The third-order valence-corrected chi connectivity index (χ3v) is 8.07. The number of fused-ring (bicyclic) bond motifs is 1. The molecular weight excluding hydrogens is 500 g/mol. The van der Waals surface area contributed by atoms with E-state index in [1.165, 1.54) is 17.5 Å². The average molecular weight is 537 g/mol. The monoisotopic (exact) mass is 536 g/mol. The number of hydrogen-bond donors (Lipinski definition) is 1. The van der Waals surface area contributed by atoms with Crippen molar-refractivity contribution in [2.75, 3.05) is 13.9 Å². The minimum Gasteiger partial charge on any atom is -0.467 e. The van der Waals surface area contributed by atoms with Crippen molar-refractivity contribution in [1.82, 2.24) is 0 Å². The molecule has 40 heavy (non-hydrogen) atoms. The molecule has 0 aliphatic heterocycles. The quantitative estimate of drug-likeness (QED) is 0.145. The van der Waals surface area contributed by atoms with Gasteiger partial charge in [0.25, 0.3) is 0 Å². The number of methoxy groups -OCH3 is 1. The fourth-order valence-corrected chi connectivity index (χ4v) is 5.72. The Labute approximate surface area is 236 Å². The lowest BCUT2D eigenvalue weighted by atomic mass is 9.63. The summed E-state index contributed by atoms with van der Waals surface area (Å²) in [5.41, 5.74) is 9.39. The van der Waals surface area contributed by atoms with Gasteiger partial charge in [-0.2, -0.15) is 0 Å². The molecule has 0 aromatic heterocycles. The summed E-state index contributed by atoms with van der Waals surface area (Å²) < 4.78 is 15.9. The maximum Gasteiger partial charge on any atom is 0.511 e. The molecule has 5 nitrogen and oxygen atoms in total. The largest absolute Gasteiger partial charge is 0.511 e. The topological polar surface area (TPSA) is 65.0 Å². The van der Waals surface area contributed by atoms with Crippen molar-refractivity contribution in [3.05, 3.63) is 96.1 Å². The van der Waals surface area contributed by atoms with Crippen LogP contribution in [-0.2, 0) is 15.6 Å². The summed E-state index contributed by atoms with van der Waals surface area (Å²) >= 11 is 0. The first-order valence-corrected chi connectivity index (χ1v) is 13.6. The second-order valence-electron chi connectivity index (χ2n) is 11.7. The van der Waals surface area contributed by atoms with Crippen molar-refractivity contribution in [2.45, 2.75) is 51.4 Å². The van der Waals surface area contributed by atoms with Gasteiger partial charge in [-0.3, -0.25) is 0 Å². The van der Waals surface area contributed by atoms with Gasteiger partial charge in [0.05, 0.1) is 0 Å². The zero-order chi connectivity index (χ0) is 28.5. The van der Waals surface area contributed by atoms with E-state index in [0.717, 1.165) is 39.8 Å². The first-order valence-electron chi connectivity index (χ1n) is 13.6. The van der Waals surface area contributed by atoms with E-state index >= 15 is 0 Å². The third-order valence-electron chi connectivity index (χ3n) is 8.07. The molecule has 5 rings (SSSR count). The van der Waals surface area contributed by atoms with Crippen molar-refractivity contribution in [3.63, 3.8) is 0 Å². The molecule has 206 valence electrons. The predicted octanol–water partition coefficient (Wildman–Crippen LogP) is 9.08. The van der Waals surface area contributed by atoms with Crippen LogP contribution in [-0.4, -0.2) is 25.2 Å². The van der Waals surface area contributed by atoms with Crippen LogP contribution in [0.4, 0.5) is 4.79 Å². The maximum atomic E-state index is 11.1. The van der Waals surface area contributed by atoms with E-state index in [1.807, 2.05) is 12.1 Å². The van der Waals surface area contributed by atoms with Crippen LogP contribution in [0.15, 0.2) is 84.9 Å². The smallest absolute Gasteiger partial charge is 0.467 e. The highest BCUT2D eigenvalue weighted by atomic mass is 16.7. The summed E-state index contributed by atoms with van der Waals surface area (Å²) in [6, 6.07) is 28.8. The Balaban J connectivity index is 1.69. The molecule has 0 saturated heterocycles. The lowest BCUT2D eigenvalue weighted by Crippen LogP contribution is -2.33. The van der Waals surface area contributed by atoms with Gasteiger partial charge < -0.3 is 19.3 Å². The number of rotatable bonds is 7. The van der Waals surface area contributed by atoms with Crippen LogP contribution in [0.25, 0.3) is 33.4 Å². The van der Waals surface area contributed by atoms with Crippen molar-refractivity contribution < 1.29 is 24.1 Å². The van der Waals surface area contributed by atoms with E-state index in [2.05, 4.69) is 88.4 Å². The molecule has 0 saturated carbocycles. The lowest BCUT2D eigenvalue weighted by molar-refractivity contribution is 0.0514. The summed E-state index contributed by atoms with van der Waals surface area (Å²) in [5.74, 6) is 0.662. The average Bonchev–Trinajstić information content (AvgIpc) is 2.94. The molecule has 0 unspecified atom stereocenters. The van der Waals surface area contributed by atoms with Gasteiger partial charge in [-0.25, -0.2) is 4.79 Å². The molecule has 0 heterocycles. The van der Waals surface area contributed by atoms with Crippen LogP contribution < -0.4 is 9.47 Å². The number of benzene rings is 4. The molecule has 1 N–H and O–H groups in total. The van der Waals surface area contributed by atoms with Gasteiger partial charge in [-0.05, 0) is 80.8 Å². The van der Waals surface area contributed by atoms with Gasteiger partial charge in [-0.15, -0.1) is 0 Å². The predicted molar refractivity (Wildman–Crippen MR) is 159 cm³/mol. The Morgan fingerprint density at radius 2 is 1.38 bits per heavy atom. The number of carboxylic acid groups (broad SMARTS) is 1. The Kier molecular flexibility index (Phi) is 7.43. The first kappa shape index (κ1) is 27.5. The van der Waals surface area contributed by atoms with E-state index in [4.69, 9.17) is 19.3 Å². The van der Waals surface area contributed by atoms with Crippen LogP contribution in [0.1, 0.15) is 51.7 Å².